The van der Waals surface area contributed by atoms with Gasteiger partial charge in [0.25, 0.3) is 0 Å². The van der Waals surface area contributed by atoms with Crippen LogP contribution in [0.5, 0.6) is 5.88 Å². The highest BCUT2D eigenvalue weighted by Crippen LogP contribution is 2.18. The summed E-state index contributed by atoms with van der Waals surface area (Å²) < 4.78 is 4.94. The Morgan fingerprint density at radius 2 is 2.11 bits per heavy atom. The number of pyridine rings is 1. The minimum absolute atomic E-state index is 0.269. The van der Waals surface area contributed by atoms with Crippen molar-refractivity contribution in [2.75, 3.05) is 12.8 Å². The van der Waals surface area contributed by atoms with E-state index in [0.717, 1.165) is 5.56 Å². The number of anilines is 1. The van der Waals surface area contributed by atoms with Crippen LogP contribution in [0.2, 0.25) is 0 Å². The fourth-order valence-corrected chi connectivity index (χ4v) is 1.59. The van der Waals surface area contributed by atoms with Crippen molar-refractivity contribution in [2.45, 2.75) is 12.5 Å². The van der Waals surface area contributed by atoms with Crippen molar-refractivity contribution in [3.05, 3.63) is 41.9 Å². The fraction of sp³-hybridized carbons (Fsp3) is 0.250. The Morgan fingerprint density at radius 3 is 2.72 bits per heavy atom. The minimum atomic E-state index is -0.269. The Hall–Kier alpha value is -2.21. The number of ether oxygens (including phenoxy) is 1. The Kier molecular flexibility index (Phi) is 3.69. The zero-order chi connectivity index (χ0) is 13.0. The molecule has 6 heteroatoms. The molecule has 0 aliphatic carbocycles. The van der Waals surface area contributed by atoms with Crippen LogP contribution in [0.3, 0.4) is 0 Å². The van der Waals surface area contributed by atoms with E-state index in [0.29, 0.717) is 23.7 Å². The molecular weight excluding hydrogens is 230 g/mol. The lowest BCUT2D eigenvalue weighted by Gasteiger charge is -2.11. The van der Waals surface area contributed by atoms with Crippen molar-refractivity contribution < 1.29 is 4.74 Å². The number of methoxy groups -OCH3 is 1. The molecule has 18 heavy (non-hydrogen) atoms. The molecule has 0 bridgehead atoms. The standard InChI is InChI=1S/C12H15N5O/c1-18-12-3-2-11(16-17-12)10(14)6-8-7-15-5-4-9(8)13/h2-5,7,10H,6,14H2,1H3,(H2,13,15). The molecule has 0 fully saturated rings. The third-order valence-corrected chi connectivity index (χ3v) is 2.63. The van der Waals surface area contributed by atoms with Gasteiger partial charge in [0.2, 0.25) is 5.88 Å². The summed E-state index contributed by atoms with van der Waals surface area (Å²) in [5.74, 6) is 0.465. The van der Waals surface area contributed by atoms with Crippen LogP contribution in [0, 0.1) is 0 Å². The van der Waals surface area contributed by atoms with Gasteiger partial charge < -0.3 is 16.2 Å². The molecule has 0 saturated heterocycles. The summed E-state index contributed by atoms with van der Waals surface area (Å²) in [5.41, 5.74) is 14.2. The molecule has 2 aromatic heterocycles. The lowest BCUT2D eigenvalue weighted by Crippen LogP contribution is -2.16. The van der Waals surface area contributed by atoms with E-state index in [1.54, 1.807) is 37.7 Å². The first-order chi connectivity index (χ1) is 8.70. The zero-order valence-electron chi connectivity index (χ0n) is 10.1. The SMILES string of the molecule is COc1ccc(C(N)Cc2cnccc2N)nn1. The average Bonchev–Trinajstić information content (AvgIpc) is 2.41. The van der Waals surface area contributed by atoms with E-state index in [1.807, 2.05) is 0 Å². The number of nitrogen functional groups attached to an aromatic ring is 1. The summed E-state index contributed by atoms with van der Waals surface area (Å²) in [6, 6.07) is 5.01. The average molecular weight is 245 g/mol. The van der Waals surface area contributed by atoms with Crippen LogP contribution in [0.4, 0.5) is 5.69 Å². The van der Waals surface area contributed by atoms with E-state index in [9.17, 15) is 0 Å². The molecule has 0 aliphatic rings. The molecule has 0 saturated carbocycles. The Morgan fingerprint density at radius 1 is 1.28 bits per heavy atom. The van der Waals surface area contributed by atoms with Gasteiger partial charge in [-0.1, -0.05) is 0 Å². The number of hydrogen-bond donors (Lipinski definition) is 2. The summed E-state index contributed by atoms with van der Waals surface area (Å²) in [5, 5.41) is 7.90. The highest BCUT2D eigenvalue weighted by atomic mass is 16.5. The van der Waals surface area contributed by atoms with Crippen molar-refractivity contribution in [3.8, 4) is 5.88 Å². The van der Waals surface area contributed by atoms with Gasteiger partial charge in [-0.15, -0.1) is 5.10 Å². The van der Waals surface area contributed by atoms with E-state index < -0.39 is 0 Å². The first-order valence-corrected chi connectivity index (χ1v) is 5.52. The second-order valence-corrected chi connectivity index (χ2v) is 3.89. The predicted molar refractivity (Wildman–Crippen MR) is 67.9 cm³/mol. The van der Waals surface area contributed by atoms with E-state index >= 15 is 0 Å². The summed E-state index contributed by atoms with van der Waals surface area (Å²) >= 11 is 0. The molecule has 0 spiro atoms. The number of hydrogen-bond acceptors (Lipinski definition) is 6. The molecule has 0 radical (unpaired) electrons. The first-order valence-electron chi connectivity index (χ1n) is 5.52. The molecule has 2 rings (SSSR count). The lowest BCUT2D eigenvalue weighted by molar-refractivity contribution is 0.390. The van der Waals surface area contributed by atoms with Gasteiger partial charge in [-0.2, -0.15) is 5.10 Å². The van der Waals surface area contributed by atoms with Gasteiger partial charge in [0.05, 0.1) is 18.8 Å². The van der Waals surface area contributed by atoms with Gasteiger partial charge in [0, 0.05) is 24.1 Å². The van der Waals surface area contributed by atoms with E-state index in [1.165, 1.54) is 0 Å². The lowest BCUT2D eigenvalue weighted by atomic mass is 10.0. The molecule has 2 aromatic rings. The third-order valence-electron chi connectivity index (χ3n) is 2.63. The second kappa shape index (κ2) is 5.42. The maximum Gasteiger partial charge on any atom is 0.233 e. The Labute approximate surface area is 105 Å². The molecule has 4 N–H and O–H groups in total. The van der Waals surface area contributed by atoms with Crippen molar-refractivity contribution in [1.82, 2.24) is 15.2 Å². The first kappa shape index (κ1) is 12.3. The van der Waals surface area contributed by atoms with Crippen molar-refractivity contribution in [2.24, 2.45) is 5.73 Å². The van der Waals surface area contributed by atoms with Crippen LogP contribution in [0.1, 0.15) is 17.3 Å². The van der Waals surface area contributed by atoms with Crippen molar-refractivity contribution in [3.63, 3.8) is 0 Å². The topological polar surface area (TPSA) is 99.9 Å². The molecular formula is C12H15N5O. The summed E-state index contributed by atoms with van der Waals surface area (Å²) in [6.45, 7) is 0. The van der Waals surface area contributed by atoms with Gasteiger partial charge >= 0.3 is 0 Å². The van der Waals surface area contributed by atoms with Crippen LogP contribution < -0.4 is 16.2 Å². The smallest absolute Gasteiger partial charge is 0.233 e. The molecule has 0 aliphatic heterocycles. The zero-order valence-corrected chi connectivity index (χ0v) is 10.1. The number of nitrogens with two attached hydrogens (primary N) is 2. The quantitative estimate of drug-likeness (QED) is 0.822. The van der Waals surface area contributed by atoms with Crippen LogP contribution >= 0.6 is 0 Å². The Bertz CT molecular complexity index is 514. The molecule has 1 atom stereocenters. The fourth-order valence-electron chi connectivity index (χ4n) is 1.59. The largest absolute Gasteiger partial charge is 0.480 e. The maximum absolute atomic E-state index is 6.06. The molecule has 1 unspecified atom stereocenters. The normalized spacial score (nSPS) is 12.1. The molecule has 0 aromatic carbocycles. The molecule has 6 nitrogen and oxygen atoms in total. The van der Waals surface area contributed by atoms with Crippen LogP contribution in [0.15, 0.2) is 30.6 Å². The number of aromatic nitrogens is 3. The number of nitrogens with zero attached hydrogens (tertiary/aromatic N) is 3. The van der Waals surface area contributed by atoms with Crippen LogP contribution in [-0.4, -0.2) is 22.3 Å². The molecule has 2 heterocycles. The van der Waals surface area contributed by atoms with Crippen molar-refractivity contribution >= 4 is 5.69 Å². The van der Waals surface area contributed by atoms with E-state index in [-0.39, 0.29) is 6.04 Å². The van der Waals surface area contributed by atoms with Crippen LogP contribution in [-0.2, 0) is 6.42 Å². The third kappa shape index (κ3) is 2.72. The van der Waals surface area contributed by atoms with Gasteiger partial charge in [-0.3, -0.25) is 4.98 Å². The predicted octanol–water partition coefficient (Wildman–Crippen LogP) is 0.705. The monoisotopic (exact) mass is 245 g/mol. The summed E-state index contributed by atoms with van der Waals surface area (Å²) in [6.07, 6.45) is 3.93. The summed E-state index contributed by atoms with van der Waals surface area (Å²) in [4.78, 5) is 4.03. The molecule has 0 amide bonds. The highest BCUT2D eigenvalue weighted by Gasteiger charge is 2.11. The maximum atomic E-state index is 6.06. The minimum Gasteiger partial charge on any atom is -0.480 e. The van der Waals surface area contributed by atoms with Crippen molar-refractivity contribution in [1.29, 1.82) is 0 Å². The van der Waals surface area contributed by atoms with Gasteiger partial charge in [-0.05, 0) is 24.1 Å². The second-order valence-electron chi connectivity index (χ2n) is 3.89. The van der Waals surface area contributed by atoms with E-state index in [2.05, 4.69) is 15.2 Å². The molecule has 94 valence electrons. The van der Waals surface area contributed by atoms with E-state index in [4.69, 9.17) is 16.2 Å². The Balaban J connectivity index is 2.11. The van der Waals surface area contributed by atoms with Gasteiger partial charge in [-0.25, -0.2) is 0 Å². The number of rotatable bonds is 4. The van der Waals surface area contributed by atoms with Gasteiger partial charge in [0.1, 0.15) is 0 Å². The summed E-state index contributed by atoms with van der Waals surface area (Å²) in [7, 11) is 1.54. The highest BCUT2D eigenvalue weighted by molar-refractivity contribution is 5.44. The van der Waals surface area contributed by atoms with Crippen LogP contribution in [0.25, 0.3) is 0 Å². The van der Waals surface area contributed by atoms with Gasteiger partial charge in [0.15, 0.2) is 0 Å².